The average Bonchev–Trinajstić information content (AvgIpc) is 3.36. The van der Waals surface area contributed by atoms with Gasteiger partial charge in [-0.05, 0) is 55.4 Å². The van der Waals surface area contributed by atoms with Gasteiger partial charge in [-0.3, -0.25) is 14.5 Å². The highest BCUT2D eigenvalue weighted by Gasteiger charge is 2.66. The molecule has 3 aromatic carbocycles. The monoisotopic (exact) mass is 560 g/mol. The quantitative estimate of drug-likeness (QED) is 0.321. The fourth-order valence-electron chi connectivity index (χ4n) is 6.92. The van der Waals surface area contributed by atoms with E-state index in [1.165, 1.54) is 0 Å². The van der Waals surface area contributed by atoms with Crippen molar-refractivity contribution < 1.29 is 28.3 Å². The van der Waals surface area contributed by atoms with Crippen molar-refractivity contribution in [2.24, 2.45) is 5.92 Å². The number of ether oxygens (including phenoxy) is 2. The second kappa shape index (κ2) is 9.83. The number of amides is 2. The van der Waals surface area contributed by atoms with Gasteiger partial charge < -0.3 is 23.6 Å². The fourth-order valence-corrected chi connectivity index (χ4v) is 9.46. The maximum Gasteiger partial charge on any atom is 0.269 e. The Morgan fingerprint density at radius 1 is 1.02 bits per heavy atom. The zero-order valence-corrected chi connectivity index (χ0v) is 23.8. The van der Waals surface area contributed by atoms with E-state index in [1.54, 1.807) is 22.9 Å². The van der Waals surface area contributed by atoms with E-state index in [-0.39, 0.29) is 38.0 Å². The molecule has 4 atom stereocenters. The van der Waals surface area contributed by atoms with Crippen molar-refractivity contribution in [2.45, 2.75) is 50.2 Å². The van der Waals surface area contributed by atoms with Crippen LogP contribution in [0.5, 0.6) is 5.75 Å². The third-order valence-corrected chi connectivity index (χ3v) is 11.0. The Hall–Kier alpha value is -3.53. The molecule has 1 N–H and O–H groups in total. The van der Waals surface area contributed by atoms with Crippen LogP contribution in [-0.4, -0.2) is 44.6 Å². The second-order valence-corrected chi connectivity index (χ2v) is 15.1. The maximum absolute atomic E-state index is 15.7. The summed E-state index contributed by atoms with van der Waals surface area (Å²) in [6.07, 6.45) is -0.261. The van der Waals surface area contributed by atoms with E-state index in [9.17, 15) is 14.7 Å². The standard InChI is InChI=1S/C31H33FN2O5Si/c1-20-29(40(2,3)32)27(15-16-35)39-31(20)23-11-4-5-12-24(23)33(30(31)37)18-21-9-8-10-22(17-21)34-25-13-6-7-14-26(25)38-19-28(34)36/h4-14,17,20,27,29,35H,15-16,18-19H2,1-3H3/t20-,27+,29-,31+/m1/s1. The molecule has 0 aliphatic carbocycles. The van der Waals surface area contributed by atoms with Crippen molar-refractivity contribution in [1.29, 1.82) is 0 Å². The molecule has 9 heteroatoms. The lowest BCUT2D eigenvalue weighted by Gasteiger charge is -2.31. The number of carbonyl (C=O) groups is 2. The Morgan fingerprint density at radius 3 is 2.50 bits per heavy atom. The van der Waals surface area contributed by atoms with Gasteiger partial charge in [0.1, 0.15) is 5.75 Å². The first-order chi connectivity index (χ1) is 19.2. The molecule has 3 aliphatic heterocycles. The molecule has 1 fully saturated rings. The van der Waals surface area contributed by atoms with Crippen LogP contribution in [0.4, 0.5) is 21.2 Å². The number of halogens is 1. The number of anilines is 3. The fraction of sp³-hybridized carbons (Fsp3) is 0.355. The van der Waals surface area contributed by atoms with Gasteiger partial charge >= 0.3 is 0 Å². The van der Waals surface area contributed by atoms with E-state index >= 15 is 4.11 Å². The largest absolute Gasteiger partial charge is 0.482 e. The van der Waals surface area contributed by atoms with E-state index in [0.717, 1.165) is 16.8 Å². The molecule has 0 saturated carbocycles. The lowest BCUT2D eigenvalue weighted by Crippen LogP contribution is -2.45. The Balaban J connectivity index is 1.37. The lowest BCUT2D eigenvalue weighted by atomic mass is 9.82. The zero-order chi connectivity index (χ0) is 28.2. The normalized spacial score (nSPS) is 25.8. The molecule has 0 bridgehead atoms. The second-order valence-electron chi connectivity index (χ2n) is 11.3. The van der Waals surface area contributed by atoms with E-state index in [0.29, 0.717) is 17.1 Å². The average molecular weight is 561 g/mol. The van der Waals surface area contributed by atoms with Crippen LogP contribution < -0.4 is 14.5 Å². The summed E-state index contributed by atoms with van der Waals surface area (Å²) < 4.78 is 27.8. The summed E-state index contributed by atoms with van der Waals surface area (Å²) in [5, 5.41) is 9.73. The van der Waals surface area contributed by atoms with Crippen molar-refractivity contribution in [2.75, 3.05) is 23.0 Å². The van der Waals surface area contributed by atoms with Gasteiger partial charge in [0.05, 0.1) is 24.0 Å². The zero-order valence-electron chi connectivity index (χ0n) is 22.8. The van der Waals surface area contributed by atoms with Crippen molar-refractivity contribution in [1.82, 2.24) is 0 Å². The van der Waals surface area contributed by atoms with Crippen LogP contribution in [0.3, 0.4) is 0 Å². The lowest BCUT2D eigenvalue weighted by molar-refractivity contribution is -0.146. The van der Waals surface area contributed by atoms with E-state index < -0.39 is 31.6 Å². The topological polar surface area (TPSA) is 79.3 Å². The molecule has 2 amide bonds. The van der Waals surface area contributed by atoms with Crippen molar-refractivity contribution in [3.8, 4) is 5.75 Å². The number of aliphatic hydroxyl groups is 1. The number of para-hydroxylation sites is 3. The first-order valence-corrected chi connectivity index (χ1v) is 16.6. The minimum absolute atomic E-state index is 0.0542. The number of fused-ring (bicyclic) bond motifs is 3. The van der Waals surface area contributed by atoms with Gasteiger partial charge in [-0.15, -0.1) is 0 Å². The third-order valence-electron chi connectivity index (χ3n) is 8.50. The number of rotatable bonds is 6. The van der Waals surface area contributed by atoms with Gasteiger partial charge in [0.15, 0.2) is 12.2 Å². The number of carbonyl (C=O) groups excluding carboxylic acids is 2. The highest BCUT2D eigenvalue weighted by molar-refractivity contribution is 6.72. The van der Waals surface area contributed by atoms with Crippen molar-refractivity contribution >= 4 is 37.3 Å². The minimum Gasteiger partial charge on any atom is -0.482 e. The number of nitrogens with zero attached hydrogens (tertiary/aromatic N) is 2. The molecule has 3 heterocycles. The van der Waals surface area contributed by atoms with Crippen LogP contribution in [0.2, 0.25) is 18.6 Å². The molecule has 3 aliphatic rings. The predicted molar refractivity (Wildman–Crippen MR) is 153 cm³/mol. The van der Waals surface area contributed by atoms with Crippen LogP contribution in [-0.2, 0) is 26.5 Å². The minimum atomic E-state index is -3.24. The van der Waals surface area contributed by atoms with Gasteiger partial charge in [0.2, 0.25) is 8.41 Å². The van der Waals surface area contributed by atoms with Gasteiger partial charge in [-0.25, -0.2) is 0 Å². The van der Waals surface area contributed by atoms with Crippen LogP contribution in [0.15, 0.2) is 72.8 Å². The molecule has 6 rings (SSSR count). The van der Waals surface area contributed by atoms with Gasteiger partial charge in [-0.2, -0.15) is 0 Å². The summed E-state index contributed by atoms with van der Waals surface area (Å²) in [7, 11) is -3.24. The molecule has 7 nitrogen and oxygen atoms in total. The number of hydrogen-bond acceptors (Lipinski definition) is 5. The maximum atomic E-state index is 15.7. The summed E-state index contributed by atoms with van der Waals surface area (Å²) >= 11 is 0. The van der Waals surface area contributed by atoms with E-state index in [2.05, 4.69) is 0 Å². The molecule has 0 radical (unpaired) electrons. The van der Waals surface area contributed by atoms with Crippen LogP contribution in [0.25, 0.3) is 0 Å². The Morgan fingerprint density at radius 2 is 1.75 bits per heavy atom. The smallest absolute Gasteiger partial charge is 0.269 e. The molecule has 40 heavy (non-hydrogen) atoms. The van der Waals surface area contributed by atoms with Crippen LogP contribution in [0.1, 0.15) is 24.5 Å². The predicted octanol–water partition coefficient (Wildman–Crippen LogP) is 5.45. The Labute approximate surface area is 234 Å². The van der Waals surface area contributed by atoms with Gasteiger partial charge in [0.25, 0.3) is 11.8 Å². The molecular formula is C31H33FN2O5Si. The third kappa shape index (κ3) is 4.06. The highest BCUT2D eigenvalue weighted by Crippen LogP contribution is 2.60. The van der Waals surface area contributed by atoms with E-state index in [1.807, 2.05) is 79.7 Å². The summed E-state index contributed by atoms with van der Waals surface area (Å²) in [4.78, 5) is 30.6. The molecule has 0 unspecified atom stereocenters. The van der Waals surface area contributed by atoms with Crippen molar-refractivity contribution in [3.05, 3.63) is 83.9 Å². The molecule has 0 aromatic heterocycles. The Bertz CT molecular complexity index is 1480. The summed E-state index contributed by atoms with van der Waals surface area (Å²) in [5.74, 6) is -0.160. The summed E-state index contributed by atoms with van der Waals surface area (Å²) in [5.41, 5.74) is 1.92. The summed E-state index contributed by atoms with van der Waals surface area (Å²) in [6, 6.07) is 22.5. The van der Waals surface area contributed by atoms with Crippen LogP contribution in [0, 0.1) is 5.92 Å². The van der Waals surface area contributed by atoms with Crippen LogP contribution >= 0.6 is 0 Å². The Kier molecular flexibility index (Phi) is 6.56. The highest BCUT2D eigenvalue weighted by atomic mass is 28.4. The number of benzene rings is 3. The number of aliphatic hydroxyl groups excluding tert-OH is 1. The van der Waals surface area contributed by atoms with Gasteiger partial charge in [0, 0.05) is 29.3 Å². The molecular weight excluding hydrogens is 527 g/mol. The van der Waals surface area contributed by atoms with E-state index in [4.69, 9.17) is 9.47 Å². The SMILES string of the molecule is C[C@@H]1[C@@H]([Si](C)(C)F)[C@H](CCO)O[C@@]12C(=O)N(Cc1cccc(N3C(=O)COc4ccccc43)c1)c1ccccc12. The first kappa shape index (κ1) is 26.7. The summed E-state index contributed by atoms with van der Waals surface area (Å²) in [6.45, 7) is 5.29. The molecule has 208 valence electrons. The molecule has 1 saturated heterocycles. The molecule has 3 aromatic rings. The molecule has 1 spiro atoms. The number of hydrogen-bond donors (Lipinski definition) is 1. The van der Waals surface area contributed by atoms with Crippen molar-refractivity contribution in [3.63, 3.8) is 0 Å². The first-order valence-electron chi connectivity index (χ1n) is 13.7. The van der Waals surface area contributed by atoms with Gasteiger partial charge in [-0.1, -0.05) is 49.4 Å².